The number of nitrogens with zero attached hydrogens (tertiary/aromatic N) is 3. The molecular formula is C32H24F4N4O3. The van der Waals surface area contributed by atoms with Crippen molar-refractivity contribution in [1.29, 1.82) is 0 Å². The van der Waals surface area contributed by atoms with Crippen molar-refractivity contribution >= 4 is 23.2 Å². The van der Waals surface area contributed by atoms with Crippen molar-refractivity contribution in [3.8, 4) is 11.6 Å². The third-order valence-electron chi connectivity index (χ3n) is 7.49. The van der Waals surface area contributed by atoms with E-state index in [-0.39, 0.29) is 34.9 Å². The molecule has 6 rings (SSSR count). The summed E-state index contributed by atoms with van der Waals surface area (Å²) in [6.45, 7) is 0. The smallest absolute Gasteiger partial charge is 0.416 e. The number of nitrogens with one attached hydrogen (secondary N) is 1. The summed E-state index contributed by atoms with van der Waals surface area (Å²) in [5.74, 6) is -0.0772. The van der Waals surface area contributed by atoms with Gasteiger partial charge in [-0.2, -0.15) is 13.2 Å². The third-order valence-corrected chi connectivity index (χ3v) is 7.49. The number of alkyl halides is 3. The molecule has 218 valence electrons. The van der Waals surface area contributed by atoms with Crippen LogP contribution in [0.25, 0.3) is 5.65 Å². The van der Waals surface area contributed by atoms with Crippen LogP contribution < -0.4 is 10.1 Å². The molecule has 11 heteroatoms. The molecule has 43 heavy (non-hydrogen) atoms. The van der Waals surface area contributed by atoms with Crippen molar-refractivity contribution in [2.75, 3.05) is 5.32 Å². The summed E-state index contributed by atoms with van der Waals surface area (Å²) in [6.07, 6.45) is -0.661. The molecule has 1 aliphatic rings. The predicted molar refractivity (Wildman–Crippen MR) is 150 cm³/mol. The number of ketones is 1. The molecule has 1 N–H and O–H groups in total. The van der Waals surface area contributed by atoms with Gasteiger partial charge in [0.15, 0.2) is 17.2 Å². The minimum absolute atomic E-state index is 0.0316. The van der Waals surface area contributed by atoms with Crippen molar-refractivity contribution in [2.45, 2.75) is 25.4 Å². The molecule has 0 bridgehead atoms. The summed E-state index contributed by atoms with van der Waals surface area (Å²) in [6, 6.07) is 20.5. The van der Waals surface area contributed by atoms with E-state index in [0.29, 0.717) is 23.4 Å². The Morgan fingerprint density at radius 1 is 0.930 bits per heavy atom. The molecule has 5 aromatic rings. The molecule has 1 fully saturated rings. The number of rotatable bonds is 8. The van der Waals surface area contributed by atoms with E-state index in [2.05, 4.69) is 15.4 Å². The highest BCUT2D eigenvalue weighted by atomic mass is 19.4. The maximum atomic E-state index is 13.6. The summed E-state index contributed by atoms with van der Waals surface area (Å²) in [4.78, 5) is 29.7. The van der Waals surface area contributed by atoms with Crippen LogP contribution >= 0.6 is 0 Å². The molecule has 2 aromatic heterocycles. The Kier molecular flexibility index (Phi) is 7.39. The fourth-order valence-electron chi connectivity index (χ4n) is 5.15. The fourth-order valence-corrected chi connectivity index (χ4v) is 5.15. The quantitative estimate of drug-likeness (QED) is 0.151. The van der Waals surface area contributed by atoms with Crippen LogP contribution in [0.3, 0.4) is 0 Å². The van der Waals surface area contributed by atoms with Crippen LogP contribution in [0.1, 0.15) is 44.7 Å². The molecule has 2 unspecified atom stereocenters. The zero-order chi connectivity index (χ0) is 30.1. The summed E-state index contributed by atoms with van der Waals surface area (Å²) in [5, 5.41) is 6.94. The number of benzene rings is 3. The van der Waals surface area contributed by atoms with Gasteiger partial charge in [-0.15, -0.1) is 5.10 Å². The SMILES string of the molecule is O=C(Nc1cn2nc(Oc3cccc(CC4CCC4C(=O)c4cccc(F)c4)c3)ccc2n1)c1ccc(C(F)(F)F)cc1. The van der Waals surface area contributed by atoms with Crippen molar-refractivity contribution in [3.05, 3.63) is 119 Å². The number of carbonyl (C=O) groups is 2. The Morgan fingerprint density at radius 2 is 1.72 bits per heavy atom. The number of hydrogen-bond donors (Lipinski definition) is 1. The number of halogens is 4. The number of imidazole rings is 1. The predicted octanol–water partition coefficient (Wildman–Crippen LogP) is 7.38. The molecular weight excluding hydrogens is 564 g/mol. The Morgan fingerprint density at radius 3 is 2.44 bits per heavy atom. The topological polar surface area (TPSA) is 85.6 Å². The lowest BCUT2D eigenvalue weighted by Crippen LogP contribution is -2.34. The van der Waals surface area contributed by atoms with E-state index in [1.54, 1.807) is 30.3 Å². The number of fused-ring (bicyclic) bond motifs is 1. The second-order valence-corrected chi connectivity index (χ2v) is 10.4. The van der Waals surface area contributed by atoms with E-state index >= 15 is 0 Å². The fraction of sp³-hybridized carbons (Fsp3) is 0.188. The second kappa shape index (κ2) is 11.3. The molecule has 0 radical (unpaired) electrons. The Bertz CT molecular complexity index is 1820. The highest BCUT2D eigenvalue weighted by molar-refractivity contribution is 6.03. The van der Waals surface area contributed by atoms with Gasteiger partial charge in [-0.05, 0) is 85.3 Å². The first-order valence-corrected chi connectivity index (χ1v) is 13.5. The lowest BCUT2D eigenvalue weighted by Gasteiger charge is -2.35. The first-order chi connectivity index (χ1) is 20.6. The minimum atomic E-state index is -4.49. The summed E-state index contributed by atoms with van der Waals surface area (Å²) < 4.78 is 59.4. The summed E-state index contributed by atoms with van der Waals surface area (Å²) in [5.41, 5.74) is 1.02. The van der Waals surface area contributed by atoms with Crippen LogP contribution in [0.4, 0.5) is 23.4 Å². The van der Waals surface area contributed by atoms with E-state index < -0.39 is 23.5 Å². The number of amides is 1. The van der Waals surface area contributed by atoms with Gasteiger partial charge in [0.25, 0.3) is 5.91 Å². The van der Waals surface area contributed by atoms with Gasteiger partial charge in [0.2, 0.25) is 5.88 Å². The maximum Gasteiger partial charge on any atom is 0.416 e. The third kappa shape index (κ3) is 6.25. The number of Topliss-reactive ketones (excluding diaryl/α,β-unsaturated/α-hetero) is 1. The minimum Gasteiger partial charge on any atom is -0.438 e. The van der Waals surface area contributed by atoms with Gasteiger partial charge in [0, 0.05) is 23.1 Å². The molecule has 1 aliphatic carbocycles. The lowest BCUT2D eigenvalue weighted by atomic mass is 9.67. The second-order valence-electron chi connectivity index (χ2n) is 10.4. The van der Waals surface area contributed by atoms with Crippen molar-refractivity contribution in [2.24, 2.45) is 11.8 Å². The van der Waals surface area contributed by atoms with Gasteiger partial charge in [-0.1, -0.05) is 24.3 Å². The van der Waals surface area contributed by atoms with Crippen molar-refractivity contribution < 1.29 is 31.9 Å². The molecule has 0 aliphatic heterocycles. The first kappa shape index (κ1) is 28.1. The van der Waals surface area contributed by atoms with Gasteiger partial charge in [-0.3, -0.25) is 9.59 Å². The largest absolute Gasteiger partial charge is 0.438 e. The van der Waals surface area contributed by atoms with E-state index in [4.69, 9.17) is 4.74 Å². The van der Waals surface area contributed by atoms with Crippen LogP contribution in [-0.2, 0) is 12.6 Å². The molecule has 1 saturated carbocycles. The first-order valence-electron chi connectivity index (χ1n) is 13.5. The molecule has 0 saturated heterocycles. The lowest BCUT2D eigenvalue weighted by molar-refractivity contribution is -0.137. The summed E-state index contributed by atoms with van der Waals surface area (Å²) in [7, 11) is 0. The van der Waals surface area contributed by atoms with Crippen LogP contribution in [0.15, 0.2) is 91.1 Å². The van der Waals surface area contributed by atoms with Gasteiger partial charge >= 0.3 is 6.18 Å². The highest BCUT2D eigenvalue weighted by Crippen LogP contribution is 2.39. The maximum absolute atomic E-state index is 13.6. The molecule has 0 spiro atoms. The van der Waals surface area contributed by atoms with Gasteiger partial charge in [0.1, 0.15) is 11.6 Å². The Balaban J connectivity index is 1.10. The Labute approximate surface area is 243 Å². The van der Waals surface area contributed by atoms with E-state index in [0.717, 1.165) is 42.7 Å². The van der Waals surface area contributed by atoms with Crippen molar-refractivity contribution in [1.82, 2.24) is 14.6 Å². The van der Waals surface area contributed by atoms with Crippen LogP contribution in [-0.4, -0.2) is 26.3 Å². The van der Waals surface area contributed by atoms with E-state index in [1.807, 2.05) is 18.2 Å². The van der Waals surface area contributed by atoms with E-state index in [9.17, 15) is 27.2 Å². The van der Waals surface area contributed by atoms with Crippen LogP contribution in [0.5, 0.6) is 11.6 Å². The number of hydrogen-bond acceptors (Lipinski definition) is 5. The average Bonchev–Trinajstić information content (AvgIpc) is 3.36. The standard InChI is InChI=1S/C32H24F4N4O3/c33-24-5-2-4-22(17-24)30(41)26-12-9-21(26)15-19-3-1-6-25(16-19)43-29-14-13-28-37-27(18-40(28)39-29)38-31(42)20-7-10-23(11-8-20)32(34,35)36/h1-8,10-11,13-14,16-18,21,26H,9,12,15H2,(H,38,42). The van der Waals surface area contributed by atoms with Crippen molar-refractivity contribution in [3.63, 3.8) is 0 Å². The highest BCUT2D eigenvalue weighted by Gasteiger charge is 2.37. The van der Waals surface area contributed by atoms with E-state index in [1.165, 1.54) is 22.8 Å². The van der Waals surface area contributed by atoms with Crippen LogP contribution in [0.2, 0.25) is 0 Å². The molecule has 1 amide bonds. The van der Waals surface area contributed by atoms with Crippen LogP contribution in [0, 0.1) is 17.7 Å². The molecule has 2 heterocycles. The molecule has 2 atom stereocenters. The molecule has 7 nitrogen and oxygen atoms in total. The Hall–Kier alpha value is -5.06. The molecule has 3 aromatic carbocycles. The monoisotopic (exact) mass is 588 g/mol. The van der Waals surface area contributed by atoms with Gasteiger partial charge in [-0.25, -0.2) is 13.9 Å². The van der Waals surface area contributed by atoms with Gasteiger partial charge < -0.3 is 10.1 Å². The van der Waals surface area contributed by atoms with Gasteiger partial charge in [0.05, 0.1) is 11.8 Å². The average molecular weight is 589 g/mol. The number of carbonyl (C=O) groups excluding carboxylic acids is 2. The number of anilines is 1. The zero-order valence-electron chi connectivity index (χ0n) is 22.5. The zero-order valence-corrected chi connectivity index (χ0v) is 22.5. The number of aromatic nitrogens is 3. The normalized spacial score (nSPS) is 16.5. The number of ether oxygens (including phenoxy) is 1. The summed E-state index contributed by atoms with van der Waals surface area (Å²) >= 11 is 0.